The van der Waals surface area contributed by atoms with E-state index < -0.39 is 0 Å². The van der Waals surface area contributed by atoms with Gasteiger partial charge in [-0.25, -0.2) is 4.98 Å². The Morgan fingerprint density at radius 1 is 1.64 bits per heavy atom. The van der Waals surface area contributed by atoms with Gasteiger partial charge in [-0.05, 0) is 18.3 Å². The predicted octanol–water partition coefficient (Wildman–Crippen LogP) is 1.85. The SMILES string of the molecule is CCc1cc(=O)[nH]c(C2CC2(C)C)n1. The molecule has 0 radical (unpaired) electrons. The summed E-state index contributed by atoms with van der Waals surface area (Å²) in [5.41, 5.74) is 1.20. The van der Waals surface area contributed by atoms with Gasteiger partial charge in [0.1, 0.15) is 5.82 Å². The number of aromatic amines is 1. The molecule has 2 rings (SSSR count). The molecule has 3 nitrogen and oxygen atoms in total. The summed E-state index contributed by atoms with van der Waals surface area (Å²) >= 11 is 0. The molecule has 1 aromatic rings. The molecule has 1 fully saturated rings. The van der Waals surface area contributed by atoms with Crippen molar-refractivity contribution in [2.45, 2.75) is 39.5 Å². The highest BCUT2D eigenvalue weighted by Gasteiger charge is 2.48. The lowest BCUT2D eigenvalue weighted by atomic mass is 10.1. The zero-order valence-electron chi connectivity index (χ0n) is 8.92. The topological polar surface area (TPSA) is 45.8 Å². The van der Waals surface area contributed by atoms with Gasteiger partial charge in [-0.15, -0.1) is 0 Å². The normalized spacial score (nSPS) is 23.5. The number of H-pyrrole nitrogens is 1. The number of aryl methyl sites for hydroxylation is 1. The molecule has 1 aromatic heterocycles. The molecular weight excluding hydrogens is 176 g/mol. The number of rotatable bonds is 2. The molecule has 3 heteroatoms. The van der Waals surface area contributed by atoms with Gasteiger partial charge in [0.2, 0.25) is 0 Å². The predicted molar refractivity (Wildman–Crippen MR) is 55.4 cm³/mol. The summed E-state index contributed by atoms with van der Waals surface area (Å²) in [6, 6.07) is 1.58. The summed E-state index contributed by atoms with van der Waals surface area (Å²) < 4.78 is 0. The maximum Gasteiger partial charge on any atom is 0.251 e. The largest absolute Gasteiger partial charge is 0.310 e. The number of aromatic nitrogens is 2. The summed E-state index contributed by atoms with van der Waals surface area (Å²) in [7, 11) is 0. The highest BCUT2D eigenvalue weighted by molar-refractivity contribution is 5.17. The van der Waals surface area contributed by atoms with Crippen molar-refractivity contribution in [3.63, 3.8) is 0 Å². The zero-order chi connectivity index (χ0) is 10.3. The lowest BCUT2D eigenvalue weighted by Crippen LogP contribution is -2.12. The van der Waals surface area contributed by atoms with E-state index in [1.165, 1.54) is 0 Å². The van der Waals surface area contributed by atoms with Crippen LogP contribution in [0.25, 0.3) is 0 Å². The lowest BCUT2D eigenvalue weighted by Gasteiger charge is -2.04. The quantitative estimate of drug-likeness (QED) is 0.777. The van der Waals surface area contributed by atoms with Crippen LogP contribution in [0.3, 0.4) is 0 Å². The molecule has 0 aromatic carbocycles. The van der Waals surface area contributed by atoms with Crippen LogP contribution in [0, 0.1) is 5.41 Å². The van der Waals surface area contributed by atoms with Crippen molar-refractivity contribution in [3.05, 3.63) is 27.9 Å². The Balaban J connectivity index is 2.36. The molecule has 0 bridgehead atoms. The Hall–Kier alpha value is -1.12. The first-order valence-electron chi connectivity index (χ1n) is 5.13. The third kappa shape index (κ3) is 1.59. The smallest absolute Gasteiger partial charge is 0.251 e. The number of hydrogen-bond acceptors (Lipinski definition) is 2. The van der Waals surface area contributed by atoms with Crippen LogP contribution in [0.4, 0.5) is 0 Å². The molecule has 76 valence electrons. The molecule has 1 atom stereocenters. The Morgan fingerprint density at radius 3 is 2.79 bits per heavy atom. The summed E-state index contributed by atoms with van der Waals surface area (Å²) in [5.74, 6) is 1.32. The van der Waals surface area contributed by atoms with E-state index in [0.717, 1.165) is 24.4 Å². The van der Waals surface area contributed by atoms with E-state index in [4.69, 9.17) is 0 Å². The lowest BCUT2D eigenvalue weighted by molar-refractivity contribution is 0.605. The Kier molecular flexibility index (Phi) is 1.98. The van der Waals surface area contributed by atoms with Crippen LogP contribution in [0.5, 0.6) is 0 Å². The van der Waals surface area contributed by atoms with Crippen molar-refractivity contribution in [2.75, 3.05) is 0 Å². The van der Waals surface area contributed by atoms with Crippen molar-refractivity contribution in [1.82, 2.24) is 9.97 Å². The summed E-state index contributed by atoms with van der Waals surface area (Å²) in [6.45, 7) is 6.43. The molecule has 1 aliphatic carbocycles. The van der Waals surface area contributed by atoms with Crippen LogP contribution in [0.15, 0.2) is 10.9 Å². The number of nitrogens with one attached hydrogen (secondary N) is 1. The van der Waals surface area contributed by atoms with E-state index in [2.05, 4.69) is 23.8 Å². The average molecular weight is 192 g/mol. The van der Waals surface area contributed by atoms with Gasteiger partial charge < -0.3 is 4.98 Å². The van der Waals surface area contributed by atoms with Gasteiger partial charge in [-0.1, -0.05) is 20.8 Å². The van der Waals surface area contributed by atoms with E-state index in [-0.39, 0.29) is 5.56 Å². The van der Waals surface area contributed by atoms with Crippen molar-refractivity contribution in [2.24, 2.45) is 5.41 Å². The van der Waals surface area contributed by atoms with Gasteiger partial charge in [0, 0.05) is 17.7 Å². The zero-order valence-corrected chi connectivity index (χ0v) is 8.92. The van der Waals surface area contributed by atoms with Gasteiger partial charge in [0.15, 0.2) is 0 Å². The van der Waals surface area contributed by atoms with Crippen LogP contribution in [-0.4, -0.2) is 9.97 Å². The molecule has 1 unspecified atom stereocenters. The number of nitrogens with zero attached hydrogens (tertiary/aromatic N) is 1. The van der Waals surface area contributed by atoms with Crippen molar-refractivity contribution >= 4 is 0 Å². The van der Waals surface area contributed by atoms with Crippen LogP contribution in [-0.2, 0) is 6.42 Å². The minimum absolute atomic E-state index is 0.0189. The minimum Gasteiger partial charge on any atom is -0.310 e. The first kappa shape index (κ1) is 9.44. The summed E-state index contributed by atoms with van der Waals surface area (Å²) in [6.07, 6.45) is 1.95. The molecule has 0 saturated heterocycles. The van der Waals surface area contributed by atoms with Crippen molar-refractivity contribution < 1.29 is 0 Å². The average Bonchev–Trinajstić information content (AvgIpc) is 2.74. The second-order valence-electron chi connectivity index (χ2n) is 4.72. The Labute approximate surface area is 83.6 Å². The molecule has 1 heterocycles. The van der Waals surface area contributed by atoms with Gasteiger partial charge >= 0.3 is 0 Å². The highest BCUT2D eigenvalue weighted by atomic mass is 16.1. The second-order valence-corrected chi connectivity index (χ2v) is 4.72. The fourth-order valence-corrected chi connectivity index (χ4v) is 1.81. The van der Waals surface area contributed by atoms with Gasteiger partial charge in [-0.3, -0.25) is 4.79 Å². The van der Waals surface area contributed by atoms with Gasteiger partial charge in [-0.2, -0.15) is 0 Å². The van der Waals surface area contributed by atoms with Crippen molar-refractivity contribution in [1.29, 1.82) is 0 Å². The van der Waals surface area contributed by atoms with Crippen molar-refractivity contribution in [3.8, 4) is 0 Å². The van der Waals surface area contributed by atoms with Crippen LogP contribution < -0.4 is 5.56 Å². The second kappa shape index (κ2) is 2.94. The monoisotopic (exact) mass is 192 g/mol. The molecular formula is C11H16N2O. The number of hydrogen-bond donors (Lipinski definition) is 1. The summed E-state index contributed by atoms with van der Waals surface area (Å²) in [4.78, 5) is 18.6. The molecule has 1 N–H and O–H groups in total. The maximum absolute atomic E-state index is 11.3. The first-order chi connectivity index (χ1) is 6.53. The fraction of sp³-hybridized carbons (Fsp3) is 0.636. The third-order valence-electron chi connectivity index (χ3n) is 3.02. The summed E-state index contributed by atoms with van der Waals surface area (Å²) in [5, 5.41) is 0. The van der Waals surface area contributed by atoms with E-state index in [0.29, 0.717) is 11.3 Å². The third-order valence-corrected chi connectivity index (χ3v) is 3.02. The van der Waals surface area contributed by atoms with Crippen LogP contribution in [0.2, 0.25) is 0 Å². The fourth-order valence-electron chi connectivity index (χ4n) is 1.81. The van der Waals surface area contributed by atoms with E-state index in [1.54, 1.807) is 6.07 Å². The Morgan fingerprint density at radius 2 is 2.29 bits per heavy atom. The first-order valence-corrected chi connectivity index (χ1v) is 5.13. The maximum atomic E-state index is 11.3. The molecule has 0 spiro atoms. The van der Waals surface area contributed by atoms with Crippen LogP contribution in [0.1, 0.15) is 44.6 Å². The van der Waals surface area contributed by atoms with E-state index in [1.807, 2.05) is 6.92 Å². The molecule has 0 aliphatic heterocycles. The van der Waals surface area contributed by atoms with E-state index in [9.17, 15) is 4.79 Å². The molecule has 0 amide bonds. The molecule has 1 aliphatic rings. The molecule has 14 heavy (non-hydrogen) atoms. The molecule has 1 saturated carbocycles. The highest BCUT2D eigenvalue weighted by Crippen LogP contribution is 2.57. The van der Waals surface area contributed by atoms with Gasteiger partial charge in [0.05, 0.1) is 0 Å². The van der Waals surface area contributed by atoms with Crippen LogP contribution >= 0.6 is 0 Å². The Bertz CT molecular complexity index is 406. The van der Waals surface area contributed by atoms with Gasteiger partial charge in [0.25, 0.3) is 5.56 Å². The minimum atomic E-state index is -0.0189. The van der Waals surface area contributed by atoms with E-state index >= 15 is 0 Å². The standard InChI is InChI=1S/C11H16N2O/c1-4-7-5-9(14)13-10(12-7)8-6-11(8,2)3/h5,8H,4,6H2,1-3H3,(H,12,13,14).